The average Bonchev–Trinajstić information content (AvgIpc) is 3.16. The fourth-order valence-electron chi connectivity index (χ4n) is 4.05. The maximum absolute atomic E-state index is 13.1. The van der Waals surface area contributed by atoms with Crippen LogP contribution in [0.3, 0.4) is 0 Å². The van der Waals surface area contributed by atoms with Gasteiger partial charge in [-0.3, -0.25) is 9.59 Å². The number of nitrogens with zero attached hydrogens (tertiary/aromatic N) is 1. The molecule has 2 fully saturated rings. The molecule has 2 N–H and O–H groups in total. The number of hydrogen-bond acceptors (Lipinski definition) is 7. The lowest BCUT2D eigenvalue weighted by atomic mass is 9.87. The van der Waals surface area contributed by atoms with Crippen molar-refractivity contribution in [3.63, 3.8) is 0 Å². The summed E-state index contributed by atoms with van der Waals surface area (Å²) < 4.78 is 43.0. The minimum absolute atomic E-state index is 0.101. The number of morpholine rings is 1. The second kappa shape index (κ2) is 9.63. The van der Waals surface area contributed by atoms with Gasteiger partial charge in [-0.25, -0.2) is 8.42 Å². The standard InChI is InChI=1S/C21H31N3O7S/c1-14(2)32(27,28)24-12-16(21(13-24)20(26)23-9-10-31-21)19(25)22-8-7-15-5-6-17(29-3)18(11-15)30-4/h5-6,11,14,16H,7-10,12-13H2,1-4H3,(H,22,25)(H,23,26)/t16-,21-/m1/s1. The SMILES string of the molecule is COc1ccc(CCNC(=O)[C@H]2CN(S(=O)(=O)C(C)C)C[C@@]23OCCNC3=O)cc1OC. The quantitative estimate of drug-likeness (QED) is 0.546. The molecule has 2 aliphatic rings. The van der Waals surface area contributed by atoms with Crippen molar-refractivity contribution in [2.24, 2.45) is 5.92 Å². The Kier molecular flexibility index (Phi) is 7.31. The van der Waals surface area contributed by atoms with Gasteiger partial charge in [-0.15, -0.1) is 0 Å². The van der Waals surface area contributed by atoms with E-state index in [1.807, 2.05) is 12.1 Å². The lowest BCUT2D eigenvalue weighted by molar-refractivity contribution is -0.163. The molecule has 3 rings (SSSR count). The Balaban J connectivity index is 1.72. The topological polar surface area (TPSA) is 123 Å². The van der Waals surface area contributed by atoms with E-state index in [0.29, 0.717) is 31.0 Å². The third kappa shape index (κ3) is 4.55. The molecular formula is C21H31N3O7S. The number of methoxy groups -OCH3 is 2. The van der Waals surface area contributed by atoms with Gasteiger partial charge >= 0.3 is 0 Å². The van der Waals surface area contributed by atoms with E-state index >= 15 is 0 Å². The fraction of sp³-hybridized carbons (Fsp3) is 0.619. The summed E-state index contributed by atoms with van der Waals surface area (Å²) in [5.41, 5.74) is -0.590. The maximum Gasteiger partial charge on any atom is 0.254 e. The highest BCUT2D eigenvalue weighted by molar-refractivity contribution is 7.89. The minimum Gasteiger partial charge on any atom is -0.493 e. The van der Waals surface area contributed by atoms with Crippen molar-refractivity contribution in [3.05, 3.63) is 23.8 Å². The summed E-state index contributed by atoms with van der Waals surface area (Å²) in [5, 5.41) is 4.89. The Morgan fingerprint density at radius 2 is 2.03 bits per heavy atom. The van der Waals surface area contributed by atoms with Crippen LogP contribution in [0.4, 0.5) is 0 Å². The zero-order valence-electron chi connectivity index (χ0n) is 18.8. The molecule has 0 unspecified atom stereocenters. The zero-order chi connectivity index (χ0) is 23.5. The Morgan fingerprint density at radius 3 is 2.66 bits per heavy atom. The van der Waals surface area contributed by atoms with Gasteiger partial charge in [-0.1, -0.05) is 6.07 Å². The lowest BCUT2D eigenvalue weighted by Gasteiger charge is -2.36. The van der Waals surface area contributed by atoms with E-state index in [-0.39, 0.29) is 19.7 Å². The third-order valence-electron chi connectivity index (χ3n) is 5.92. The summed E-state index contributed by atoms with van der Waals surface area (Å²) in [4.78, 5) is 25.8. The van der Waals surface area contributed by atoms with Gasteiger partial charge in [0.15, 0.2) is 17.1 Å². The maximum atomic E-state index is 13.1. The van der Waals surface area contributed by atoms with E-state index in [0.717, 1.165) is 5.56 Å². The number of benzene rings is 1. The first-order valence-electron chi connectivity index (χ1n) is 10.6. The molecule has 0 bridgehead atoms. The molecule has 1 aromatic rings. The first kappa shape index (κ1) is 24.3. The molecular weight excluding hydrogens is 438 g/mol. The van der Waals surface area contributed by atoms with Crippen LogP contribution in [0.1, 0.15) is 19.4 Å². The molecule has 0 aliphatic carbocycles. The molecule has 2 heterocycles. The lowest BCUT2D eigenvalue weighted by Crippen LogP contribution is -2.62. The second-order valence-electron chi connectivity index (χ2n) is 8.16. The van der Waals surface area contributed by atoms with E-state index in [1.54, 1.807) is 34.1 Å². The molecule has 1 spiro atoms. The van der Waals surface area contributed by atoms with E-state index in [9.17, 15) is 18.0 Å². The van der Waals surface area contributed by atoms with Crippen LogP contribution in [0, 0.1) is 5.92 Å². The number of amides is 2. The van der Waals surface area contributed by atoms with Crippen LogP contribution >= 0.6 is 0 Å². The average molecular weight is 470 g/mol. The highest BCUT2D eigenvalue weighted by Gasteiger charge is 2.59. The van der Waals surface area contributed by atoms with E-state index in [4.69, 9.17) is 14.2 Å². The summed E-state index contributed by atoms with van der Waals surface area (Å²) in [6.45, 7) is 3.71. The predicted molar refractivity (Wildman–Crippen MR) is 117 cm³/mol. The predicted octanol–water partition coefficient (Wildman–Crippen LogP) is -0.0823. The summed E-state index contributed by atoms with van der Waals surface area (Å²) in [7, 11) is -0.544. The Labute approximate surface area is 188 Å². The van der Waals surface area contributed by atoms with Crippen molar-refractivity contribution in [2.75, 3.05) is 47.0 Å². The normalized spacial score (nSPS) is 23.9. The summed E-state index contributed by atoms with van der Waals surface area (Å²) in [6.07, 6.45) is 0.521. The second-order valence-corrected chi connectivity index (χ2v) is 10.7. The van der Waals surface area contributed by atoms with Crippen LogP contribution in [0.5, 0.6) is 11.5 Å². The van der Waals surface area contributed by atoms with Crippen LogP contribution in [-0.4, -0.2) is 82.4 Å². The Bertz CT molecular complexity index is 966. The molecule has 11 heteroatoms. The molecule has 32 heavy (non-hydrogen) atoms. The Morgan fingerprint density at radius 1 is 1.31 bits per heavy atom. The van der Waals surface area contributed by atoms with Gasteiger partial charge in [0.2, 0.25) is 15.9 Å². The molecule has 1 aromatic carbocycles. The molecule has 2 atom stereocenters. The summed E-state index contributed by atoms with van der Waals surface area (Å²) in [5.74, 6) is -0.607. The first-order valence-corrected chi connectivity index (χ1v) is 12.1. The van der Waals surface area contributed by atoms with Crippen molar-refractivity contribution >= 4 is 21.8 Å². The summed E-state index contributed by atoms with van der Waals surface area (Å²) in [6, 6.07) is 5.49. The number of hydrogen-bond donors (Lipinski definition) is 2. The minimum atomic E-state index is -3.65. The number of carbonyl (C=O) groups excluding carboxylic acids is 2. The zero-order valence-corrected chi connectivity index (χ0v) is 19.7. The van der Waals surface area contributed by atoms with Crippen molar-refractivity contribution in [1.29, 1.82) is 0 Å². The third-order valence-corrected chi connectivity index (χ3v) is 8.11. The smallest absolute Gasteiger partial charge is 0.254 e. The van der Waals surface area contributed by atoms with Crippen LogP contribution in [0.25, 0.3) is 0 Å². The van der Waals surface area contributed by atoms with Crippen molar-refractivity contribution in [1.82, 2.24) is 14.9 Å². The van der Waals surface area contributed by atoms with Crippen molar-refractivity contribution < 1.29 is 32.2 Å². The van der Waals surface area contributed by atoms with Gasteiger partial charge in [-0.2, -0.15) is 4.31 Å². The highest BCUT2D eigenvalue weighted by atomic mass is 32.2. The van der Waals surface area contributed by atoms with Gasteiger partial charge < -0.3 is 24.8 Å². The number of rotatable bonds is 8. The fourth-order valence-corrected chi connectivity index (χ4v) is 5.38. The monoisotopic (exact) mass is 469 g/mol. The van der Waals surface area contributed by atoms with Gasteiger partial charge in [-0.05, 0) is 38.0 Å². The number of nitrogens with one attached hydrogen (secondary N) is 2. The molecule has 2 saturated heterocycles. The van der Waals surface area contributed by atoms with Gasteiger partial charge in [0.05, 0.1) is 38.5 Å². The van der Waals surface area contributed by atoms with E-state index < -0.39 is 38.6 Å². The van der Waals surface area contributed by atoms with Crippen LogP contribution < -0.4 is 20.1 Å². The van der Waals surface area contributed by atoms with Crippen LogP contribution in [0.2, 0.25) is 0 Å². The van der Waals surface area contributed by atoms with E-state index in [2.05, 4.69) is 10.6 Å². The summed E-state index contributed by atoms with van der Waals surface area (Å²) >= 11 is 0. The first-order chi connectivity index (χ1) is 15.2. The van der Waals surface area contributed by atoms with Crippen LogP contribution in [0.15, 0.2) is 18.2 Å². The number of sulfonamides is 1. The van der Waals surface area contributed by atoms with E-state index in [1.165, 1.54) is 4.31 Å². The molecule has 10 nitrogen and oxygen atoms in total. The van der Waals surface area contributed by atoms with Crippen molar-refractivity contribution in [3.8, 4) is 11.5 Å². The van der Waals surface area contributed by atoms with Gasteiger partial charge in [0, 0.05) is 19.6 Å². The van der Waals surface area contributed by atoms with Gasteiger partial charge in [0.25, 0.3) is 5.91 Å². The molecule has 0 saturated carbocycles. The molecule has 0 aromatic heterocycles. The number of ether oxygens (including phenoxy) is 3. The largest absolute Gasteiger partial charge is 0.493 e. The van der Waals surface area contributed by atoms with Gasteiger partial charge in [0.1, 0.15) is 0 Å². The molecule has 2 aliphatic heterocycles. The van der Waals surface area contributed by atoms with Crippen LogP contribution in [-0.2, 0) is 30.8 Å². The molecule has 2 amide bonds. The molecule has 178 valence electrons. The highest BCUT2D eigenvalue weighted by Crippen LogP contribution is 2.36. The number of carbonyl (C=O) groups is 2. The molecule has 0 radical (unpaired) electrons. The Hall–Kier alpha value is -2.37. The van der Waals surface area contributed by atoms with Crippen molar-refractivity contribution in [2.45, 2.75) is 31.1 Å².